The van der Waals surface area contributed by atoms with Crippen molar-refractivity contribution in [3.63, 3.8) is 0 Å². The zero-order valence-corrected chi connectivity index (χ0v) is 37.8. The summed E-state index contributed by atoms with van der Waals surface area (Å²) in [7, 11) is 0. The summed E-state index contributed by atoms with van der Waals surface area (Å²) in [5.41, 5.74) is 3.59. The van der Waals surface area contributed by atoms with Crippen LogP contribution in [0.2, 0.25) is 10.3 Å². The SMILES string of the molecule is Cc1cn(-c2ccc(/C=C/c3nc4n(n3)CCC[C@@H]4c3ccccc3C(F)(F)F)nc2Cl)cn1.Cc1cn(-c2ccc(/C=C/c3nc4n(n3)CCC[C@H]4c3ccccc3C(F)(F)F)nc2Cl)cn1. The standard InChI is InChI=1S/2C24H20ClF3N6/c2*1-15-13-33(14-29-15)20-10-8-16(30-22(20)25)9-11-21-31-23-18(6-4-12-34(23)32-21)17-5-2-3-7-19(17)24(26,27)28/h2*2-3,5,7-11,13-14,18H,4,6,12H2,1H3/b2*11-9+/t2*18-/m10/s1. The number of imidazole rings is 2. The lowest BCUT2D eigenvalue weighted by molar-refractivity contribution is -0.139. The van der Waals surface area contributed by atoms with Crippen molar-refractivity contribution in [2.75, 3.05) is 0 Å². The summed E-state index contributed by atoms with van der Waals surface area (Å²) in [4.78, 5) is 26.3. The normalized spacial score (nSPS) is 16.2. The lowest BCUT2D eigenvalue weighted by atomic mass is 9.88. The highest BCUT2D eigenvalue weighted by atomic mass is 35.5. The number of fused-ring (bicyclic) bond motifs is 2. The van der Waals surface area contributed by atoms with Gasteiger partial charge in [-0.25, -0.2) is 39.3 Å². The summed E-state index contributed by atoms with van der Waals surface area (Å²) in [5, 5.41) is 9.62. The van der Waals surface area contributed by atoms with Gasteiger partial charge < -0.3 is 9.13 Å². The molecule has 10 rings (SSSR count). The highest BCUT2D eigenvalue weighted by Gasteiger charge is 2.39. The number of alkyl halides is 6. The van der Waals surface area contributed by atoms with Crippen LogP contribution in [-0.2, 0) is 25.4 Å². The van der Waals surface area contributed by atoms with Gasteiger partial charge in [-0.15, -0.1) is 0 Å². The van der Waals surface area contributed by atoms with Gasteiger partial charge in [-0.3, -0.25) is 0 Å². The second-order valence-electron chi connectivity index (χ2n) is 16.3. The molecule has 0 spiro atoms. The van der Waals surface area contributed by atoms with Gasteiger partial charge in [0.1, 0.15) is 11.6 Å². The average Bonchev–Trinajstić information content (AvgIpc) is 4.14. The van der Waals surface area contributed by atoms with Crippen LogP contribution in [0.4, 0.5) is 26.3 Å². The number of nitrogens with zero attached hydrogens (tertiary/aromatic N) is 12. The van der Waals surface area contributed by atoms with E-state index in [1.165, 1.54) is 24.3 Å². The molecule has 0 bridgehead atoms. The summed E-state index contributed by atoms with van der Waals surface area (Å²) in [6.45, 7) is 5.01. The fraction of sp³-hybridized carbons (Fsp3) is 0.250. The van der Waals surface area contributed by atoms with Gasteiger partial charge in [-0.2, -0.15) is 36.5 Å². The van der Waals surface area contributed by atoms with Crippen LogP contribution in [0.3, 0.4) is 0 Å². The van der Waals surface area contributed by atoms with Gasteiger partial charge in [-0.05, 0) is 111 Å². The number of rotatable bonds is 8. The third-order valence-electron chi connectivity index (χ3n) is 11.6. The Morgan fingerprint density at radius 3 is 1.32 bits per heavy atom. The zero-order valence-electron chi connectivity index (χ0n) is 36.3. The van der Waals surface area contributed by atoms with Crippen LogP contribution in [0.15, 0.2) is 97.8 Å². The van der Waals surface area contributed by atoms with E-state index in [-0.39, 0.29) is 11.1 Å². The summed E-state index contributed by atoms with van der Waals surface area (Å²) in [5.74, 6) is 0.981. The molecule has 2 aliphatic rings. The Labute approximate surface area is 395 Å². The van der Waals surface area contributed by atoms with Crippen LogP contribution >= 0.6 is 23.2 Å². The summed E-state index contributed by atoms with van der Waals surface area (Å²) >= 11 is 12.7. The average molecular weight is 970 g/mol. The molecule has 8 heterocycles. The lowest BCUT2D eigenvalue weighted by Crippen LogP contribution is -2.21. The minimum absolute atomic E-state index is 0.234. The Balaban J connectivity index is 0.000000170. The van der Waals surface area contributed by atoms with Crippen molar-refractivity contribution in [2.45, 2.75) is 76.8 Å². The van der Waals surface area contributed by atoms with Crippen LogP contribution < -0.4 is 0 Å². The Morgan fingerprint density at radius 1 is 0.544 bits per heavy atom. The molecule has 0 aliphatic carbocycles. The molecular formula is C48H40Cl2F6N12. The van der Waals surface area contributed by atoms with Gasteiger partial charge in [0.2, 0.25) is 0 Å². The summed E-state index contributed by atoms with van der Waals surface area (Å²) in [6.07, 6.45) is 7.66. The molecule has 2 atom stereocenters. The number of aromatic nitrogens is 12. The first kappa shape index (κ1) is 46.2. The smallest absolute Gasteiger partial charge is 0.303 e. The molecule has 20 heteroatoms. The van der Waals surface area contributed by atoms with Crippen molar-refractivity contribution in [1.29, 1.82) is 0 Å². The Kier molecular flexibility index (Phi) is 12.9. The van der Waals surface area contributed by atoms with E-state index in [2.05, 4.69) is 40.1 Å². The molecule has 2 aromatic carbocycles. The highest BCUT2D eigenvalue weighted by Crippen LogP contribution is 2.42. The van der Waals surface area contributed by atoms with Crippen LogP contribution in [0.25, 0.3) is 35.7 Å². The van der Waals surface area contributed by atoms with E-state index in [4.69, 9.17) is 23.2 Å². The van der Waals surface area contributed by atoms with E-state index < -0.39 is 35.3 Å². The molecule has 6 aromatic heterocycles. The molecule has 348 valence electrons. The third kappa shape index (κ3) is 10.0. The number of benzene rings is 2. The van der Waals surface area contributed by atoms with Gasteiger partial charge in [0.05, 0.1) is 57.9 Å². The van der Waals surface area contributed by atoms with Crippen LogP contribution in [0, 0.1) is 13.8 Å². The van der Waals surface area contributed by atoms with Crippen molar-refractivity contribution in [1.82, 2.24) is 58.6 Å². The maximum atomic E-state index is 13.6. The van der Waals surface area contributed by atoms with Crippen molar-refractivity contribution in [3.8, 4) is 11.4 Å². The number of hydrogen-bond acceptors (Lipinski definition) is 8. The number of aryl methyl sites for hydroxylation is 4. The van der Waals surface area contributed by atoms with Gasteiger partial charge in [0.25, 0.3) is 0 Å². The number of halogens is 8. The molecule has 2 aliphatic heterocycles. The molecule has 12 nitrogen and oxygen atoms in total. The lowest BCUT2D eigenvalue weighted by Gasteiger charge is -2.25. The minimum atomic E-state index is -4.42. The topological polar surface area (TPSA) is 123 Å². The van der Waals surface area contributed by atoms with Crippen LogP contribution in [0.1, 0.15) is 106 Å². The number of hydrogen-bond donors (Lipinski definition) is 0. The molecule has 0 fully saturated rings. The van der Waals surface area contributed by atoms with Crippen molar-refractivity contribution >= 4 is 47.5 Å². The van der Waals surface area contributed by atoms with Gasteiger partial charge in [-0.1, -0.05) is 59.6 Å². The summed E-state index contributed by atoms with van der Waals surface area (Å²) in [6, 6.07) is 18.7. The molecule has 0 saturated heterocycles. The Bertz CT molecular complexity index is 2950. The van der Waals surface area contributed by atoms with E-state index in [0.717, 1.165) is 36.4 Å². The molecule has 68 heavy (non-hydrogen) atoms. The third-order valence-corrected chi connectivity index (χ3v) is 12.1. The maximum Gasteiger partial charge on any atom is 0.416 e. The molecular weight excluding hydrogens is 930 g/mol. The predicted molar refractivity (Wildman–Crippen MR) is 245 cm³/mol. The quantitative estimate of drug-likeness (QED) is 0.109. The van der Waals surface area contributed by atoms with E-state index in [1.54, 1.807) is 67.6 Å². The van der Waals surface area contributed by atoms with Crippen LogP contribution in [0.5, 0.6) is 0 Å². The minimum Gasteiger partial charge on any atom is -0.303 e. The summed E-state index contributed by atoms with van der Waals surface area (Å²) < 4.78 is 88.5. The largest absolute Gasteiger partial charge is 0.416 e. The first-order chi connectivity index (χ1) is 32.6. The zero-order chi connectivity index (χ0) is 47.7. The van der Waals surface area contributed by atoms with E-state index in [1.807, 2.05) is 50.5 Å². The fourth-order valence-electron chi connectivity index (χ4n) is 8.46. The monoisotopic (exact) mass is 968 g/mol. The predicted octanol–water partition coefficient (Wildman–Crippen LogP) is 11.9. The van der Waals surface area contributed by atoms with Gasteiger partial charge >= 0.3 is 12.4 Å². The van der Waals surface area contributed by atoms with Crippen molar-refractivity contribution < 1.29 is 26.3 Å². The second kappa shape index (κ2) is 19.0. The first-order valence-electron chi connectivity index (χ1n) is 21.5. The van der Waals surface area contributed by atoms with Gasteiger partial charge in [0, 0.05) is 37.3 Å². The maximum absolute atomic E-state index is 13.6. The molecule has 0 N–H and O–H groups in total. The highest BCUT2D eigenvalue weighted by molar-refractivity contribution is 6.31. The van der Waals surface area contributed by atoms with Crippen LogP contribution in [-0.4, -0.2) is 58.6 Å². The first-order valence-corrected chi connectivity index (χ1v) is 22.3. The molecule has 0 radical (unpaired) electrons. The Hall–Kier alpha value is -6.92. The molecule has 0 saturated carbocycles. The van der Waals surface area contributed by atoms with E-state index in [9.17, 15) is 26.3 Å². The van der Waals surface area contributed by atoms with Crippen molar-refractivity contribution in [2.24, 2.45) is 0 Å². The number of pyridine rings is 2. The van der Waals surface area contributed by atoms with E-state index in [0.29, 0.717) is 82.3 Å². The molecule has 0 unspecified atom stereocenters. The molecule has 0 amide bonds. The Morgan fingerprint density at radius 2 is 0.956 bits per heavy atom. The van der Waals surface area contributed by atoms with Crippen molar-refractivity contribution in [3.05, 3.63) is 176 Å². The van der Waals surface area contributed by atoms with E-state index >= 15 is 0 Å². The molecule has 8 aromatic rings. The van der Waals surface area contributed by atoms with Gasteiger partial charge in [0.15, 0.2) is 22.0 Å². The second-order valence-corrected chi connectivity index (χ2v) is 17.0. The fourth-order valence-corrected chi connectivity index (χ4v) is 8.98.